The fourth-order valence-corrected chi connectivity index (χ4v) is 2.59. The summed E-state index contributed by atoms with van der Waals surface area (Å²) in [4.78, 5) is 24.5. The summed E-state index contributed by atoms with van der Waals surface area (Å²) in [5.74, 6) is -3.01. The number of carboxylic acid groups (broad SMARTS) is 1. The van der Waals surface area contributed by atoms with E-state index in [1.165, 1.54) is 0 Å². The molecule has 10 heteroatoms. The minimum absolute atomic E-state index is 0.218. The molecule has 1 aliphatic rings. The molecule has 1 aliphatic heterocycles. The van der Waals surface area contributed by atoms with Crippen LogP contribution >= 0.6 is 0 Å². The summed E-state index contributed by atoms with van der Waals surface area (Å²) in [6.07, 6.45) is -6.81. The van der Waals surface area contributed by atoms with E-state index < -0.39 is 53.1 Å². The van der Waals surface area contributed by atoms with Gasteiger partial charge in [-0.2, -0.15) is 13.2 Å². The number of alkyl halides is 3. The van der Waals surface area contributed by atoms with Crippen molar-refractivity contribution in [3.8, 4) is 5.75 Å². The van der Waals surface area contributed by atoms with Gasteiger partial charge < -0.3 is 14.6 Å². The molecule has 2 rings (SSSR count). The number of rotatable bonds is 3. The Morgan fingerprint density at radius 1 is 1.22 bits per heavy atom. The first kappa shape index (κ1) is 20.8. The Kier molecular flexibility index (Phi) is 5.58. The molecule has 1 heterocycles. The van der Waals surface area contributed by atoms with Crippen LogP contribution < -0.4 is 4.74 Å². The van der Waals surface area contributed by atoms with Gasteiger partial charge in [-0.25, -0.2) is 14.0 Å². The largest absolute Gasteiger partial charge is 0.485 e. The van der Waals surface area contributed by atoms with Gasteiger partial charge in [-0.1, -0.05) is 0 Å². The van der Waals surface area contributed by atoms with Crippen molar-refractivity contribution in [1.82, 2.24) is 4.90 Å². The number of likely N-dealkylation sites (tertiary alicyclic amines) is 1. The lowest BCUT2D eigenvalue weighted by atomic mass is 10.2. The lowest BCUT2D eigenvalue weighted by molar-refractivity contribution is -0.142. The first-order valence-corrected chi connectivity index (χ1v) is 8.04. The minimum atomic E-state index is -4.69. The molecule has 0 spiro atoms. The molecule has 0 saturated carbocycles. The standard InChI is InChI=1S/C17H19F4NO5/c1-16(2,3)27-15(25)22-8-10(7-12(22)14(23)24)26-13-6-9(17(19,20)21)4-5-11(13)18/h4-6,10,12H,7-8H2,1-3H3,(H,23,24)/t10?,12-/m0/s1. The average molecular weight is 393 g/mol. The molecule has 0 radical (unpaired) electrons. The van der Waals surface area contributed by atoms with Crippen molar-refractivity contribution in [2.75, 3.05) is 6.54 Å². The summed E-state index contributed by atoms with van der Waals surface area (Å²) >= 11 is 0. The zero-order valence-electron chi connectivity index (χ0n) is 14.8. The SMILES string of the molecule is CC(C)(C)OC(=O)N1CC(Oc2cc(C(F)(F)F)ccc2F)C[C@H]1C(=O)O. The number of ether oxygens (including phenoxy) is 2. The highest BCUT2D eigenvalue weighted by atomic mass is 19.4. The number of hydrogen-bond donors (Lipinski definition) is 1. The highest BCUT2D eigenvalue weighted by Gasteiger charge is 2.43. The molecular formula is C17H19F4NO5. The molecule has 1 N–H and O–H groups in total. The molecule has 6 nitrogen and oxygen atoms in total. The molecule has 2 atom stereocenters. The van der Waals surface area contributed by atoms with Crippen molar-refractivity contribution in [1.29, 1.82) is 0 Å². The Hall–Kier alpha value is -2.52. The van der Waals surface area contributed by atoms with Crippen molar-refractivity contribution in [2.24, 2.45) is 0 Å². The monoisotopic (exact) mass is 393 g/mol. The van der Waals surface area contributed by atoms with Crippen LogP contribution in [0.15, 0.2) is 18.2 Å². The van der Waals surface area contributed by atoms with Crippen LogP contribution in [-0.2, 0) is 15.7 Å². The fourth-order valence-electron chi connectivity index (χ4n) is 2.59. The first-order valence-electron chi connectivity index (χ1n) is 8.04. The van der Waals surface area contributed by atoms with Crippen LogP contribution in [0.1, 0.15) is 32.8 Å². The molecule has 150 valence electrons. The van der Waals surface area contributed by atoms with E-state index in [0.29, 0.717) is 18.2 Å². The Morgan fingerprint density at radius 2 is 1.85 bits per heavy atom. The molecule has 0 bridgehead atoms. The Bertz CT molecular complexity index is 729. The van der Waals surface area contributed by atoms with Gasteiger partial charge in [0.1, 0.15) is 17.7 Å². The van der Waals surface area contributed by atoms with Crippen LogP contribution in [-0.4, -0.2) is 46.4 Å². The molecule has 0 aliphatic carbocycles. The highest BCUT2D eigenvalue weighted by Crippen LogP contribution is 2.34. The lowest BCUT2D eigenvalue weighted by Gasteiger charge is -2.26. The van der Waals surface area contributed by atoms with Crippen LogP contribution in [0.2, 0.25) is 0 Å². The fraction of sp³-hybridized carbons (Fsp3) is 0.529. The Labute approximate surface area is 152 Å². The van der Waals surface area contributed by atoms with E-state index in [9.17, 15) is 32.3 Å². The quantitative estimate of drug-likeness (QED) is 0.793. The van der Waals surface area contributed by atoms with Crippen LogP contribution in [0.3, 0.4) is 0 Å². The molecule has 27 heavy (non-hydrogen) atoms. The topological polar surface area (TPSA) is 76.1 Å². The molecular weight excluding hydrogens is 374 g/mol. The van der Waals surface area contributed by atoms with E-state index >= 15 is 0 Å². The second-order valence-corrected chi connectivity index (χ2v) is 7.11. The molecule has 1 aromatic carbocycles. The van der Waals surface area contributed by atoms with Crippen LogP contribution in [0.5, 0.6) is 5.75 Å². The summed E-state index contributed by atoms with van der Waals surface area (Å²) in [7, 11) is 0. The van der Waals surface area contributed by atoms with Gasteiger partial charge in [0.2, 0.25) is 0 Å². The molecule has 1 aromatic rings. The first-order chi connectivity index (χ1) is 12.3. The summed E-state index contributed by atoms with van der Waals surface area (Å²) in [6, 6.07) is 0.400. The van der Waals surface area contributed by atoms with Crippen molar-refractivity contribution in [3.63, 3.8) is 0 Å². The van der Waals surface area contributed by atoms with Crippen molar-refractivity contribution >= 4 is 12.1 Å². The number of hydrogen-bond acceptors (Lipinski definition) is 4. The predicted molar refractivity (Wildman–Crippen MR) is 84.8 cm³/mol. The van der Waals surface area contributed by atoms with Crippen LogP contribution in [0.25, 0.3) is 0 Å². The van der Waals surface area contributed by atoms with E-state index in [1.807, 2.05) is 0 Å². The molecule has 0 aromatic heterocycles. The highest BCUT2D eigenvalue weighted by molar-refractivity contribution is 5.81. The number of halogens is 4. The summed E-state index contributed by atoms with van der Waals surface area (Å²) in [5, 5.41) is 9.29. The third-order valence-corrected chi connectivity index (χ3v) is 3.73. The van der Waals surface area contributed by atoms with Crippen molar-refractivity contribution in [3.05, 3.63) is 29.6 Å². The number of carbonyl (C=O) groups excluding carboxylic acids is 1. The Balaban J connectivity index is 2.19. The number of carboxylic acids is 1. The van der Waals surface area contributed by atoms with Gasteiger partial charge in [0.25, 0.3) is 0 Å². The molecule has 1 saturated heterocycles. The van der Waals surface area contributed by atoms with Gasteiger partial charge in [0.05, 0.1) is 12.1 Å². The number of aliphatic carboxylic acids is 1. The number of benzene rings is 1. The van der Waals surface area contributed by atoms with Crippen molar-refractivity contribution in [2.45, 2.75) is 51.1 Å². The van der Waals surface area contributed by atoms with Crippen LogP contribution in [0, 0.1) is 5.82 Å². The zero-order chi connectivity index (χ0) is 20.6. The predicted octanol–water partition coefficient (Wildman–Crippen LogP) is 3.69. The average Bonchev–Trinajstić information content (AvgIpc) is 2.91. The summed E-state index contributed by atoms with van der Waals surface area (Å²) < 4.78 is 62.6. The lowest BCUT2D eigenvalue weighted by Crippen LogP contribution is -2.43. The van der Waals surface area contributed by atoms with E-state index in [0.717, 1.165) is 4.90 Å². The van der Waals surface area contributed by atoms with Crippen LogP contribution in [0.4, 0.5) is 22.4 Å². The molecule has 1 amide bonds. The molecule has 1 unspecified atom stereocenters. The van der Waals surface area contributed by atoms with Crippen molar-refractivity contribution < 1.29 is 41.7 Å². The van der Waals surface area contributed by atoms with E-state index in [2.05, 4.69) is 0 Å². The maximum Gasteiger partial charge on any atom is 0.416 e. The third kappa shape index (κ3) is 5.24. The van der Waals surface area contributed by atoms with E-state index in [4.69, 9.17) is 9.47 Å². The van der Waals surface area contributed by atoms with E-state index in [1.54, 1.807) is 20.8 Å². The number of nitrogens with zero attached hydrogens (tertiary/aromatic N) is 1. The van der Waals surface area contributed by atoms with Gasteiger partial charge >= 0.3 is 18.2 Å². The number of amides is 1. The summed E-state index contributed by atoms with van der Waals surface area (Å²) in [5.41, 5.74) is -1.97. The van der Waals surface area contributed by atoms with Gasteiger partial charge in [-0.15, -0.1) is 0 Å². The number of carbonyl (C=O) groups is 2. The van der Waals surface area contributed by atoms with Gasteiger partial charge in [-0.3, -0.25) is 4.90 Å². The third-order valence-electron chi connectivity index (χ3n) is 3.73. The maximum absolute atomic E-state index is 13.8. The maximum atomic E-state index is 13.8. The second-order valence-electron chi connectivity index (χ2n) is 7.11. The van der Waals surface area contributed by atoms with Gasteiger partial charge in [-0.05, 0) is 39.0 Å². The van der Waals surface area contributed by atoms with E-state index in [-0.39, 0.29) is 13.0 Å². The van der Waals surface area contributed by atoms with Gasteiger partial charge in [0, 0.05) is 6.42 Å². The zero-order valence-corrected chi connectivity index (χ0v) is 14.8. The minimum Gasteiger partial charge on any atom is -0.485 e. The smallest absolute Gasteiger partial charge is 0.416 e. The normalized spacial score (nSPS) is 20.5. The second kappa shape index (κ2) is 7.24. The van der Waals surface area contributed by atoms with Gasteiger partial charge in [0.15, 0.2) is 11.6 Å². The molecule has 1 fully saturated rings. The Morgan fingerprint density at radius 3 is 2.37 bits per heavy atom. The summed E-state index contributed by atoms with van der Waals surface area (Å²) in [6.45, 7) is 4.54.